The SMILES string of the molecule is NCc1occc1COc1ccc(F)cc1Cl. The first-order chi connectivity index (χ1) is 8.20. The van der Waals surface area contributed by atoms with Crippen molar-refractivity contribution in [1.82, 2.24) is 0 Å². The third-order valence-electron chi connectivity index (χ3n) is 2.30. The third kappa shape index (κ3) is 2.78. The van der Waals surface area contributed by atoms with Crippen LogP contribution in [0, 0.1) is 5.82 Å². The van der Waals surface area contributed by atoms with Crippen molar-refractivity contribution in [3.05, 3.63) is 52.7 Å². The van der Waals surface area contributed by atoms with Gasteiger partial charge in [0.25, 0.3) is 0 Å². The number of benzene rings is 1. The lowest BCUT2D eigenvalue weighted by molar-refractivity contribution is 0.302. The number of hydrogen-bond donors (Lipinski definition) is 1. The predicted octanol–water partition coefficient (Wildman–Crippen LogP) is 3.11. The lowest BCUT2D eigenvalue weighted by atomic mass is 10.2. The molecule has 17 heavy (non-hydrogen) atoms. The minimum absolute atomic E-state index is 0.239. The first-order valence-corrected chi connectivity index (χ1v) is 5.41. The fourth-order valence-electron chi connectivity index (χ4n) is 1.42. The van der Waals surface area contributed by atoms with Crippen LogP contribution in [0.25, 0.3) is 0 Å². The average Bonchev–Trinajstić information content (AvgIpc) is 2.75. The van der Waals surface area contributed by atoms with Gasteiger partial charge in [0.1, 0.15) is 23.9 Å². The van der Waals surface area contributed by atoms with Crippen LogP contribution in [0.3, 0.4) is 0 Å². The summed E-state index contributed by atoms with van der Waals surface area (Å²) in [6, 6.07) is 5.76. The van der Waals surface area contributed by atoms with Gasteiger partial charge in [0.15, 0.2) is 0 Å². The molecule has 5 heteroatoms. The Balaban J connectivity index is 2.07. The highest BCUT2D eigenvalue weighted by Gasteiger charge is 2.07. The maximum atomic E-state index is 12.8. The van der Waals surface area contributed by atoms with Crippen molar-refractivity contribution in [2.45, 2.75) is 13.2 Å². The minimum Gasteiger partial charge on any atom is -0.487 e. The van der Waals surface area contributed by atoms with Gasteiger partial charge < -0.3 is 14.9 Å². The van der Waals surface area contributed by atoms with Gasteiger partial charge in [-0.15, -0.1) is 0 Å². The standard InChI is InChI=1S/C12H11ClFNO2/c13-10-5-9(14)1-2-11(10)17-7-8-3-4-16-12(8)6-15/h1-5H,6-7,15H2. The zero-order valence-corrected chi connectivity index (χ0v) is 9.71. The molecule has 0 spiro atoms. The van der Waals surface area contributed by atoms with E-state index in [4.69, 9.17) is 26.5 Å². The fourth-order valence-corrected chi connectivity index (χ4v) is 1.64. The molecule has 3 nitrogen and oxygen atoms in total. The van der Waals surface area contributed by atoms with Crippen molar-refractivity contribution in [2.75, 3.05) is 0 Å². The van der Waals surface area contributed by atoms with Crippen LogP contribution in [0.4, 0.5) is 4.39 Å². The summed E-state index contributed by atoms with van der Waals surface area (Å²) < 4.78 is 23.4. The molecule has 0 aliphatic heterocycles. The largest absolute Gasteiger partial charge is 0.487 e. The van der Waals surface area contributed by atoms with Crippen LogP contribution < -0.4 is 10.5 Å². The van der Waals surface area contributed by atoms with Gasteiger partial charge in [-0.1, -0.05) is 11.6 Å². The Morgan fingerprint density at radius 2 is 2.18 bits per heavy atom. The van der Waals surface area contributed by atoms with Crippen LogP contribution in [-0.4, -0.2) is 0 Å². The molecule has 90 valence electrons. The zero-order valence-electron chi connectivity index (χ0n) is 8.95. The molecular weight excluding hydrogens is 245 g/mol. The van der Waals surface area contributed by atoms with E-state index in [-0.39, 0.29) is 11.6 Å². The number of halogens is 2. The molecule has 2 N–H and O–H groups in total. The van der Waals surface area contributed by atoms with Crippen molar-refractivity contribution in [1.29, 1.82) is 0 Å². The molecule has 1 heterocycles. The van der Waals surface area contributed by atoms with Gasteiger partial charge in [0.2, 0.25) is 0 Å². The Morgan fingerprint density at radius 3 is 2.88 bits per heavy atom. The Kier molecular flexibility index (Phi) is 3.66. The molecule has 0 aliphatic carbocycles. The molecule has 2 aromatic rings. The van der Waals surface area contributed by atoms with Crippen LogP contribution in [0.15, 0.2) is 34.9 Å². The number of nitrogens with two attached hydrogens (primary N) is 1. The molecule has 0 radical (unpaired) electrons. The molecule has 0 bridgehead atoms. The van der Waals surface area contributed by atoms with E-state index in [9.17, 15) is 4.39 Å². The quantitative estimate of drug-likeness (QED) is 0.913. The number of hydrogen-bond acceptors (Lipinski definition) is 3. The van der Waals surface area contributed by atoms with E-state index in [1.54, 1.807) is 12.3 Å². The predicted molar refractivity (Wildman–Crippen MR) is 62.3 cm³/mol. The van der Waals surface area contributed by atoms with E-state index in [0.717, 1.165) is 5.56 Å². The number of ether oxygens (including phenoxy) is 1. The summed E-state index contributed by atoms with van der Waals surface area (Å²) in [5.74, 6) is 0.703. The normalized spacial score (nSPS) is 10.5. The second kappa shape index (κ2) is 5.21. The summed E-state index contributed by atoms with van der Waals surface area (Å²) in [5.41, 5.74) is 6.34. The maximum Gasteiger partial charge on any atom is 0.138 e. The van der Waals surface area contributed by atoms with Gasteiger partial charge in [0.05, 0.1) is 17.8 Å². The molecule has 0 unspecified atom stereocenters. The molecule has 0 amide bonds. The molecule has 2 rings (SSSR count). The first kappa shape index (κ1) is 12.0. The summed E-state index contributed by atoms with van der Waals surface area (Å²) in [7, 11) is 0. The van der Waals surface area contributed by atoms with E-state index in [1.165, 1.54) is 18.2 Å². The molecule has 1 aromatic carbocycles. The second-order valence-corrected chi connectivity index (χ2v) is 3.84. The Hall–Kier alpha value is -1.52. The molecule has 0 atom stereocenters. The first-order valence-electron chi connectivity index (χ1n) is 5.04. The monoisotopic (exact) mass is 255 g/mol. The fraction of sp³-hybridized carbons (Fsp3) is 0.167. The second-order valence-electron chi connectivity index (χ2n) is 3.44. The van der Waals surface area contributed by atoms with Gasteiger partial charge >= 0.3 is 0 Å². The molecule has 0 fully saturated rings. The lowest BCUT2D eigenvalue weighted by Crippen LogP contribution is -2.02. The molecule has 1 aromatic heterocycles. The summed E-state index contributed by atoms with van der Waals surface area (Å²) in [6.07, 6.45) is 1.55. The van der Waals surface area contributed by atoms with Gasteiger partial charge in [-0.25, -0.2) is 4.39 Å². The Morgan fingerprint density at radius 1 is 1.35 bits per heavy atom. The smallest absolute Gasteiger partial charge is 0.138 e. The molecular formula is C12H11ClFNO2. The van der Waals surface area contributed by atoms with Crippen molar-refractivity contribution in [3.63, 3.8) is 0 Å². The molecule has 0 aliphatic rings. The highest BCUT2D eigenvalue weighted by atomic mass is 35.5. The van der Waals surface area contributed by atoms with Crippen molar-refractivity contribution in [2.24, 2.45) is 5.73 Å². The number of furan rings is 1. The van der Waals surface area contributed by atoms with Gasteiger partial charge in [-0.2, -0.15) is 0 Å². The van der Waals surface area contributed by atoms with Crippen LogP contribution in [0.5, 0.6) is 5.75 Å². The van der Waals surface area contributed by atoms with Gasteiger partial charge in [0, 0.05) is 5.56 Å². The summed E-state index contributed by atoms with van der Waals surface area (Å²) in [6.45, 7) is 0.594. The van der Waals surface area contributed by atoms with E-state index >= 15 is 0 Å². The highest BCUT2D eigenvalue weighted by molar-refractivity contribution is 6.32. The maximum absolute atomic E-state index is 12.8. The summed E-state index contributed by atoms with van der Waals surface area (Å²) in [5, 5.41) is 0.239. The van der Waals surface area contributed by atoms with E-state index in [2.05, 4.69) is 0 Å². The average molecular weight is 256 g/mol. The molecule has 0 saturated carbocycles. The summed E-state index contributed by atoms with van der Waals surface area (Å²) in [4.78, 5) is 0. The van der Waals surface area contributed by atoms with E-state index in [0.29, 0.717) is 18.1 Å². The third-order valence-corrected chi connectivity index (χ3v) is 2.60. The Bertz CT molecular complexity index is 513. The van der Waals surface area contributed by atoms with Crippen LogP contribution in [0.2, 0.25) is 5.02 Å². The lowest BCUT2D eigenvalue weighted by Gasteiger charge is -2.07. The van der Waals surface area contributed by atoms with Crippen LogP contribution in [0.1, 0.15) is 11.3 Å². The minimum atomic E-state index is -0.395. The number of rotatable bonds is 4. The zero-order chi connectivity index (χ0) is 12.3. The van der Waals surface area contributed by atoms with Crippen molar-refractivity contribution in [3.8, 4) is 5.75 Å². The van der Waals surface area contributed by atoms with Gasteiger partial charge in [-0.05, 0) is 24.3 Å². The van der Waals surface area contributed by atoms with Crippen molar-refractivity contribution < 1.29 is 13.5 Å². The van der Waals surface area contributed by atoms with Crippen molar-refractivity contribution >= 4 is 11.6 Å². The van der Waals surface area contributed by atoms with E-state index in [1.807, 2.05) is 0 Å². The van der Waals surface area contributed by atoms with Crippen LogP contribution >= 0.6 is 11.6 Å². The van der Waals surface area contributed by atoms with E-state index < -0.39 is 5.82 Å². The Labute approximate surface area is 103 Å². The molecule has 0 saturated heterocycles. The summed E-state index contributed by atoms with van der Waals surface area (Å²) >= 11 is 5.83. The van der Waals surface area contributed by atoms with Gasteiger partial charge in [-0.3, -0.25) is 0 Å². The highest BCUT2D eigenvalue weighted by Crippen LogP contribution is 2.26. The topological polar surface area (TPSA) is 48.4 Å². The van der Waals surface area contributed by atoms with Crippen LogP contribution in [-0.2, 0) is 13.2 Å².